The lowest BCUT2D eigenvalue weighted by Gasteiger charge is -2.21. The molecule has 0 spiro atoms. The van der Waals surface area contributed by atoms with Gasteiger partial charge in [-0.05, 0) is 61.7 Å². The topological polar surface area (TPSA) is 102 Å². The van der Waals surface area contributed by atoms with Gasteiger partial charge in [0.25, 0.3) is 10.0 Å². The molecule has 32 heavy (non-hydrogen) atoms. The van der Waals surface area contributed by atoms with Gasteiger partial charge in [0.15, 0.2) is 0 Å². The predicted molar refractivity (Wildman–Crippen MR) is 123 cm³/mol. The van der Waals surface area contributed by atoms with E-state index in [1.165, 1.54) is 22.5 Å². The lowest BCUT2D eigenvalue weighted by molar-refractivity contribution is 0.146. The van der Waals surface area contributed by atoms with Gasteiger partial charge < -0.3 is 9.47 Å². The first-order valence-corrected chi connectivity index (χ1v) is 13.5. The standard InChI is InChI=1S/C22H30N2O6S2/c1-18-7-8-19(17-22(18)32(27,28)24-13-5-3-4-6-14-24)23-31(25,26)21-11-9-20(10-12-21)30-16-15-29-2/h7-12,17,23H,3-6,13-16H2,1-2H3. The van der Waals surface area contributed by atoms with E-state index in [1.807, 2.05) is 0 Å². The zero-order valence-corrected chi connectivity index (χ0v) is 20.0. The minimum absolute atomic E-state index is 0.0501. The highest BCUT2D eigenvalue weighted by Gasteiger charge is 2.27. The summed E-state index contributed by atoms with van der Waals surface area (Å²) in [5.74, 6) is 0.530. The van der Waals surface area contributed by atoms with Gasteiger partial charge in [0.1, 0.15) is 12.4 Å². The van der Waals surface area contributed by atoms with Crippen molar-refractivity contribution in [3.63, 3.8) is 0 Å². The Labute approximate surface area is 190 Å². The van der Waals surface area contributed by atoms with Crippen molar-refractivity contribution in [3.8, 4) is 5.75 Å². The Kier molecular flexibility index (Phi) is 8.16. The fraction of sp³-hybridized carbons (Fsp3) is 0.455. The Morgan fingerprint density at radius 3 is 2.19 bits per heavy atom. The molecular weight excluding hydrogens is 452 g/mol. The largest absolute Gasteiger partial charge is 0.491 e. The number of rotatable bonds is 9. The maximum absolute atomic E-state index is 13.2. The summed E-state index contributed by atoms with van der Waals surface area (Å²) in [6.45, 7) is 3.47. The van der Waals surface area contributed by atoms with E-state index in [4.69, 9.17) is 9.47 Å². The van der Waals surface area contributed by atoms with Crippen molar-refractivity contribution < 1.29 is 26.3 Å². The van der Waals surface area contributed by atoms with E-state index in [0.29, 0.717) is 37.6 Å². The van der Waals surface area contributed by atoms with Gasteiger partial charge in [-0.15, -0.1) is 0 Å². The third-order valence-corrected chi connectivity index (χ3v) is 8.75. The molecule has 1 fully saturated rings. The zero-order valence-electron chi connectivity index (χ0n) is 18.4. The van der Waals surface area contributed by atoms with Crippen LogP contribution >= 0.6 is 0 Å². The summed E-state index contributed by atoms with van der Waals surface area (Å²) >= 11 is 0. The van der Waals surface area contributed by atoms with Gasteiger partial charge in [-0.1, -0.05) is 18.9 Å². The number of nitrogens with one attached hydrogen (secondary N) is 1. The van der Waals surface area contributed by atoms with Crippen LogP contribution in [0, 0.1) is 6.92 Å². The smallest absolute Gasteiger partial charge is 0.261 e. The quantitative estimate of drug-likeness (QED) is 0.550. The van der Waals surface area contributed by atoms with E-state index in [0.717, 1.165) is 25.7 Å². The molecule has 2 aromatic rings. The third kappa shape index (κ3) is 6.00. The fourth-order valence-electron chi connectivity index (χ4n) is 3.53. The zero-order chi connectivity index (χ0) is 23.2. The average molecular weight is 483 g/mol. The van der Waals surface area contributed by atoms with Crippen molar-refractivity contribution in [1.29, 1.82) is 0 Å². The van der Waals surface area contributed by atoms with Crippen molar-refractivity contribution in [2.75, 3.05) is 38.1 Å². The van der Waals surface area contributed by atoms with Crippen molar-refractivity contribution >= 4 is 25.7 Å². The second-order valence-electron chi connectivity index (χ2n) is 7.72. The molecule has 1 aliphatic heterocycles. The van der Waals surface area contributed by atoms with Crippen molar-refractivity contribution in [2.24, 2.45) is 0 Å². The van der Waals surface area contributed by atoms with Crippen molar-refractivity contribution in [1.82, 2.24) is 4.31 Å². The number of sulfonamides is 2. The van der Waals surface area contributed by atoms with Gasteiger partial charge >= 0.3 is 0 Å². The Morgan fingerprint density at radius 2 is 1.56 bits per heavy atom. The van der Waals surface area contributed by atoms with Gasteiger partial charge in [-0.2, -0.15) is 4.31 Å². The van der Waals surface area contributed by atoms with E-state index in [1.54, 1.807) is 38.3 Å². The molecule has 0 atom stereocenters. The van der Waals surface area contributed by atoms with Crippen LogP contribution in [-0.2, 0) is 24.8 Å². The van der Waals surface area contributed by atoms with Gasteiger partial charge in [-0.3, -0.25) is 4.72 Å². The predicted octanol–water partition coefficient (Wildman–Crippen LogP) is 3.39. The molecule has 1 aliphatic rings. The van der Waals surface area contributed by atoms with E-state index in [2.05, 4.69) is 4.72 Å². The second kappa shape index (κ2) is 10.7. The molecule has 8 nitrogen and oxygen atoms in total. The van der Waals surface area contributed by atoms with E-state index in [-0.39, 0.29) is 15.5 Å². The molecule has 0 amide bonds. The Bertz CT molecular complexity index is 1110. The first kappa shape index (κ1) is 24.5. The molecule has 0 aliphatic carbocycles. The third-order valence-electron chi connectivity index (χ3n) is 5.31. The number of hydrogen-bond acceptors (Lipinski definition) is 6. The highest BCUT2D eigenvalue weighted by molar-refractivity contribution is 7.92. The first-order valence-electron chi connectivity index (χ1n) is 10.6. The number of hydrogen-bond donors (Lipinski definition) is 1. The van der Waals surface area contributed by atoms with Crippen LogP contribution in [0.15, 0.2) is 52.3 Å². The summed E-state index contributed by atoms with van der Waals surface area (Å²) in [5, 5.41) is 0. The van der Waals surface area contributed by atoms with Crippen LogP contribution in [0.3, 0.4) is 0 Å². The number of benzene rings is 2. The van der Waals surface area contributed by atoms with Gasteiger partial charge in [0.2, 0.25) is 10.0 Å². The fourth-order valence-corrected chi connectivity index (χ4v) is 6.35. The maximum Gasteiger partial charge on any atom is 0.261 e. The van der Waals surface area contributed by atoms with Crippen LogP contribution < -0.4 is 9.46 Å². The lowest BCUT2D eigenvalue weighted by Crippen LogP contribution is -2.32. The van der Waals surface area contributed by atoms with E-state index >= 15 is 0 Å². The van der Waals surface area contributed by atoms with E-state index in [9.17, 15) is 16.8 Å². The lowest BCUT2D eigenvalue weighted by atomic mass is 10.2. The summed E-state index contributed by atoms with van der Waals surface area (Å²) in [6.07, 6.45) is 3.69. The normalized spacial score (nSPS) is 15.8. The van der Waals surface area contributed by atoms with Crippen LogP contribution in [0.1, 0.15) is 31.2 Å². The molecule has 1 saturated heterocycles. The monoisotopic (exact) mass is 482 g/mol. The summed E-state index contributed by atoms with van der Waals surface area (Å²) in [5.41, 5.74) is 0.777. The molecular formula is C22H30N2O6S2. The number of methoxy groups -OCH3 is 1. The highest BCUT2D eigenvalue weighted by atomic mass is 32.2. The average Bonchev–Trinajstić information content (AvgIpc) is 3.06. The molecule has 0 radical (unpaired) electrons. The molecule has 1 N–H and O–H groups in total. The molecule has 3 rings (SSSR count). The van der Waals surface area contributed by atoms with Crippen molar-refractivity contribution in [3.05, 3.63) is 48.0 Å². The minimum atomic E-state index is -3.90. The molecule has 176 valence electrons. The molecule has 0 bridgehead atoms. The Morgan fingerprint density at radius 1 is 0.906 bits per heavy atom. The summed E-state index contributed by atoms with van der Waals surface area (Å²) < 4.78 is 66.5. The molecule has 0 saturated carbocycles. The van der Waals surface area contributed by atoms with Crippen molar-refractivity contribution in [2.45, 2.75) is 42.4 Å². The van der Waals surface area contributed by atoms with Crippen LogP contribution in [0.4, 0.5) is 5.69 Å². The minimum Gasteiger partial charge on any atom is -0.491 e. The van der Waals surface area contributed by atoms with Gasteiger partial charge in [0, 0.05) is 20.2 Å². The first-order chi connectivity index (χ1) is 15.2. The number of nitrogens with zero attached hydrogens (tertiary/aromatic N) is 1. The van der Waals surface area contributed by atoms with Gasteiger partial charge in [-0.25, -0.2) is 16.8 Å². The molecule has 2 aromatic carbocycles. The van der Waals surface area contributed by atoms with Crippen LogP contribution in [-0.4, -0.2) is 54.6 Å². The molecule has 0 aromatic heterocycles. The van der Waals surface area contributed by atoms with Gasteiger partial charge in [0.05, 0.1) is 22.1 Å². The summed E-state index contributed by atoms with van der Waals surface area (Å²) in [7, 11) is -6.03. The Hall–Kier alpha value is -2.14. The maximum atomic E-state index is 13.2. The number of aryl methyl sites for hydroxylation is 1. The Balaban J connectivity index is 1.80. The van der Waals surface area contributed by atoms with Crippen LogP contribution in [0.5, 0.6) is 5.75 Å². The summed E-state index contributed by atoms with van der Waals surface area (Å²) in [6, 6.07) is 10.6. The second-order valence-corrected chi connectivity index (χ2v) is 11.3. The number of ether oxygens (including phenoxy) is 2. The van der Waals surface area contributed by atoms with Crippen LogP contribution in [0.2, 0.25) is 0 Å². The highest BCUT2D eigenvalue weighted by Crippen LogP contribution is 2.27. The molecule has 0 unspecified atom stereocenters. The molecule has 10 heteroatoms. The molecule has 1 heterocycles. The van der Waals surface area contributed by atoms with Crippen LogP contribution in [0.25, 0.3) is 0 Å². The number of anilines is 1. The SMILES string of the molecule is COCCOc1ccc(S(=O)(=O)Nc2ccc(C)c(S(=O)(=O)N3CCCCCC3)c2)cc1. The van der Waals surface area contributed by atoms with E-state index < -0.39 is 20.0 Å². The summed E-state index contributed by atoms with van der Waals surface area (Å²) in [4.78, 5) is 0.176.